The largest absolute Gasteiger partial charge is 0.472 e. The molecule has 32 heavy (non-hydrogen) atoms. The molecule has 0 spiro atoms. The minimum Gasteiger partial charge on any atom is -0.472 e. The number of fused-ring (bicyclic) bond motifs is 5. The molecule has 3 aliphatic rings. The summed E-state index contributed by atoms with van der Waals surface area (Å²) in [6, 6.07) is 16.0. The minimum atomic E-state index is -0.00652. The van der Waals surface area contributed by atoms with Crippen LogP contribution in [-0.4, -0.2) is 34.7 Å². The van der Waals surface area contributed by atoms with Crippen LogP contribution >= 0.6 is 0 Å². The Kier molecular flexibility index (Phi) is 4.57. The maximum atomic E-state index is 11.7. The number of nitrogens with one attached hydrogen (secondary N) is 1. The number of hydrogen-bond donors (Lipinski definition) is 1. The van der Waals surface area contributed by atoms with Crippen LogP contribution in [0, 0.1) is 0 Å². The van der Waals surface area contributed by atoms with E-state index in [2.05, 4.69) is 47.6 Å². The van der Waals surface area contributed by atoms with Gasteiger partial charge in [0.15, 0.2) is 0 Å². The topological polar surface area (TPSA) is 59.4 Å². The zero-order valence-electron chi connectivity index (χ0n) is 18.5. The van der Waals surface area contributed by atoms with Crippen LogP contribution < -0.4 is 20.5 Å². The van der Waals surface area contributed by atoms with E-state index in [1.807, 2.05) is 12.3 Å². The predicted octanol–water partition coefficient (Wildman–Crippen LogP) is 3.73. The summed E-state index contributed by atoms with van der Waals surface area (Å²) < 4.78 is 7.72. The predicted molar refractivity (Wildman–Crippen MR) is 126 cm³/mol. The highest BCUT2D eigenvalue weighted by Gasteiger charge is 2.35. The monoisotopic (exact) mass is 428 g/mol. The molecule has 6 nitrogen and oxygen atoms in total. The number of anilines is 1. The molecule has 2 atom stereocenters. The van der Waals surface area contributed by atoms with Crippen molar-refractivity contribution < 1.29 is 4.74 Å². The number of hydrogen-bond acceptors (Lipinski definition) is 5. The Labute approximate surface area is 187 Å². The lowest BCUT2D eigenvalue weighted by Crippen LogP contribution is -2.47. The van der Waals surface area contributed by atoms with Crippen LogP contribution in [0.5, 0.6) is 5.88 Å². The molecule has 3 aromatic rings. The van der Waals surface area contributed by atoms with Crippen molar-refractivity contribution in [2.24, 2.45) is 7.05 Å². The lowest BCUT2D eigenvalue weighted by Gasteiger charge is -2.36. The smallest absolute Gasteiger partial charge is 0.250 e. The van der Waals surface area contributed by atoms with Gasteiger partial charge in [-0.25, -0.2) is 0 Å². The highest BCUT2D eigenvalue weighted by atomic mass is 16.5. The Morgan fingerprint density at radius 1 is 1.03 bits per heavy atom. The van der Waals surface area contributed by atoms with Crippen molar-refractivity contribution in [2.75, 3.05) is 11.9 Å². The Balaban J connectivity index is 1.28. The molecule has 6 rings (SSSR count). The number of ether oxygens (including phenoxy) is 1. The fourth-order valence-electron chi connectivity index (χ4n) is 5.54. The summed E-state index contributed by atoms with van der Waals surface area (Å²) in [5, 5.41) is 3.72. The second-order valence-corrected chi connectivity index (χ2v) is 9.42. The minimum absolute atomic E-state index is 0.00652. The van der Waals surface area contributed by atoms with Crippen LogP contribution in [0.3, 0.4) is 0 Å². The fraction of sp³-hybridized carbons (Fsp3) is 0.385. The maximum Gasteiger partial charge on any atom is 0.250 e. The van der Waals surface area contributed by atoms with Crippen LogP contribution in [0.15, 0.2) is 53.5 Å². The lowest BCUT2D eigenvalue weighted by molar-refractivity contribution is 0.289. The summed E-state index contributed by atoms with van der Waals surface area (Å²) in [5.74, 6) is 1.70. The van der Waals surface area contributed by atoms with E-state index >= 15 is 0 Å². The van der Waals surface area contributed by atoms with E-state index in [0.29, 0.717) is 30.6 Å². The molecule has 0 radical (unpaired) electrons. The summed E-state index contributed by atoms with van der Waals surface area (Å²) in [7, 11) is 3.94. The first-order valence-corrected chi connectivity index (χ1v) is 11.5. The molecule has 3 aliphatic heterocycles. The second-order valence-electron chi connectivity index (χ2n) is 9.42. The summed E-state index contributed by atoms with van der Waals surface area (Å²) >= 11 is 0. The number of rotatable bonds is 3. The Bertz CT molecular complexity index is 1240. The molecule has 1 N–H and O–H groups in total. The summed E-state index contributed by atoms with van der Waals surface area (Å²) in [6.07, 6.45) is 6.84. The Morgan fingerprint density at radius 3 is 2.56 bits per heavy atom. The molecular formula is C26H28N4O2. The maximum absolute atomic E-state index is 11.7. The molecule has 2 saturated heterocycles. The van der Waals surface area contributed by atoms with Gasteiger partial charge in [0.25, 0.3) is 0 Å². The third kappa shape index (κ3) is 3.30. The normalized spacial score (nSPS) is 23.2. The zero-order valence-corrected chi connectivity index (χ0v) is 18.5. The van der Waals surface area contributed by atoms with Gasteiger partial charge < -0.3 is 19.5 Å². The lowest BCUT2D eigenvalue weighted by atomic mass is 9.94. The molecule has 164 valence electrons. The van der Waals surface area contributed by atoms with Gasteiger partial charge in [-0.3, -0.25) is 4.79 Å². The molecule has 5 heterocycles. The first-order chi connectivity index (χ1) is 15.5. The second kappa shape index (κ2) is 7.48. The average Bonchev–Trinajstić information content (AvgIpc) is 3.16. The number of piperidine rings is 1. The number of nitrogens with zero attached hydrogens (tertiary/aromatic N) is 3. The van der Waals surface area contributed by atoms with Crippen molar-refractivity contribution in [3.8, 4) is 28.1 Å². The number of benzene rings is 1. The van der Waals surface area contributed by atoms with Gasteiger partial charge in [-0.05, 0) is 72.2 Å². The highest BCUT2D eigenvalue weighted by molar-refractivity contribution is 5.78. The molecule has 0 aliphatic carbocycles. The van der Waals surface area contributed by atoms with Gasteiger partial charge in [0, 0.05) is 50.0 Å². The molecule has 2 aromatic heterocycles. The summed E-state index contributed by atoms with van der Waals surface area (Å²) in [5.41, 5.74) is 5.44. The number of aromatic nitrogens is 2. The van der Waals surface area contributed by atoms with E-state index < -0.39 is 0 Å². The van der Waals surface area contributed by atoms with Crippen LogP contribution in [0.2, 0.25) is 0 Å². The van der Waals surface area contributed by atoms with E-state index in [9.17, 15) is 4.79 Å². The van der Waals surface area contributed by atoms with Crippen molar-refractivity contribution in [1.29, 1.82) is 0 Å². The first kappa shape index (κ1) is 19.6. The third-order valence-corrected chi connectivity index (χ3v) is 7.38. The summed E-state index contributed by atoms with van der Waals surface area (Å²) in [4.78, 5) is 19.0. The Hall–Kier alpha value is -3.12. The molecule has 1 aromatic carbocycles. The van der Waals surface area contributed by atoms with Gasteiger partial charge in [-0.15, -0.1) is 0 Å². The Morgan fingerprint density at radius 2 is 1.78 bits per heavy atom. The molecular weight excluding hydrogens is 400 g/mol. The molecule has 2 bridgehead atoms. The van der Waals surface area contributed by atoms with Crippen molar-refractivity contribution in [3.63, 3.8) is 0 Å². The standard InChI is InChI=1S/C26H28N4O2/c1-29-14-17(4-10-25(29)31)16-3-7-22-18(11-16)15-32-26-23(22)8-9-24(28-26)30(2)21-12-19-5-6-20(13-21)27-19/h3-4,7-11,14,19-21,27H,5-6,12-13,15H2,1-2H3. The van der Waals surface area contributed by atoms with Gasteiger partial charge in [-0.2, -0.15) is 4.98 Å². The van der Waals surface area contributed by atoms with Crippen LogP contribution in [0.4, 0.5) is 5.82 Å². The van der Waals surface area contributed by atoms with E-state index in [0.717, 1.165) is 28.1 Å². The van der Waals surface area contributed by atoms with Gasteiger partial charge in [0.05, 0.1) is 0 Å². The van der Waals surface area contributed by atoms with Crippen molar-refractivity contribution >= 4 is 5.82 Å². The van der Waals surface area contributed by atoms with Crippen molar-refractivity contribution in [2.45, 2.75) is 50.4 Å². The number of pyridine rings is 2. The quantitative estimate of drug-likeness (QED) is 0.689. The SMILES string of the molecule is CN(c1ccc2c(n1)OCc1cc(-c3ccc(=O)n(C)c3)ccc1-2)C1CC2CCC(C1)N2. The molecule has 6 heteroatoms. The number of aryl methyl sites for hydroxylation is 1. The van der Waals surface area contributed by atoms with E-state index in [-0.39, 0.29) is 5.56 Å². The average molecular weight is 429 g/mol. The van der Waals surface area contributed by atoms with Crippen LogP contribution in [-0.2, 0) is 13.7 Å². The van der Waals surface area contributed by atoms with Gasteiger partial charge in [0.1, 0.15) is 12.4 Å². The van der Waals surface area contributed by atoms with Gasteiger partial charge in [0.2, 0.25) is 11.4 Å². The highest BCUT2D eigenvalue weighted by Crippen LogP contribution is 2.40. The zero-order chi connectivity index (χ0) is 21.8. The van der Waals surface area contributed by atoms with E-state index in [1.165, 1.54) is 31.2 Å². The molecule has 2 unspecified atom stereocenters. The molecule has 0 amide bonds. The van der Waals surface area contributed by atoms with E-state index in [4.69, 9.17) is 9.72 Å². The third-order valence-electron chi connectivity index (χ3n) is 7.38. The fourth-order valence-corrected chi connectivity index (χ4v) is 5.54. The molecule has 2 fully saturated rings. The van der Waals surface area contributed by atoms with Crippen LogP contribution in [0.1, 0.15) is 31.2 Å². The van der Waals surface area contributed by atoms with Crippen molar-refractivity contribution in [1.82, 2.24) is 14.9 Å². The van der Waals surface area contributed by atoms with Gasteiger partial charge in [-0.1, -0.05) is 12.1 Å². The molecule has 0 saturated carbocycles. The van der Waals surface area contributed by atoms with Crippen molar-refractivity contribution in [3.05, 3.63) is 64.6 Å². The van der Waals surface area contributed by atoms with Crippen LogP contribution in [0.25, 0.3) is 22.3 Å². The van der Waals surface area contributed by atoms with E-state index in [1.54, 1.807) is 17.7 Å². The van der Waals surface area contributed by atoms with Gasteiger partial charge >= 0.3 is 0 Å². The summed E-state index contributed by atoms with van der Waals surface area (Å²) in [6.45, 7) is 0.500. The first-order valence-electron chi connectivity index (χ1n) is 11.5.